The average Bonchev–Trinajstić information content (AvgIpc) is 3.16. The molecule has 8 nitrogen and oxygen atoms in total. The van der Waals surface area contributed by atoms with Gasteiger partial charge in [-0.25, -0.2) is 18.5 Å². The molecule has 0 spiro atoms. The van der Waals surface area contributed by atoms with Gasteiger partial charge in [0.05, 0.1) is 27.4 Å². The Hall–Kier alpha value is -3.34. The van der Waals surface area contributed by atoms with Crippen LogP contribution in [-0.2, 0) is 21.4 Å². The Labute approximate surface area is 202 Å². The van der Waals surface area contributed by atoms with Crippen LogP contribution in [-0.4, -0.2) is 29.6 Å². The molecule has 0 saturated heterocycles. The number of hydrogen-bond donors (Lipinski definition) is 2. The van der Waals surface area contributed by atoms with Crippen LogP contribution >= 0.6 is 11.8 Å². The fraction of sp³-hybridized carbons (Fsp3) is 0.167. The zero-order valence-corrected chi connectivity index (χ0v) is 20.1. The molecule has 0 fully saturated rings. The maximum Gasteiger partial charge on any atom is 0.238 e. The number of aryl methyl sites for hydroxylation is 1. The number of nitrogens with one attached hydrogen (secondary N) is 1. The number of carbonyl (C=O) groups is 1. The molecule has 1 heterocycles. The number of hydrogen-bond acceptors (Lipinski definition) is 6. The topological polar surface area (TPSA) is 116 Å². The highest BCUT2D eigenvalue weighted by atomic mass is 32.2. The van der Waals surface area contributed by atoms with Crippen LogP contribution in [0.1, 0.15) is 13.3 Å². The Morgan fingerprint density at radius 3 is 2.56 bits per heavy atom. The Balaban J connectivity index is 1.50. The van der Waals surface area contributed by atoms with E-state index in [0.29, 0.717) is 34.4 Å². The van der Waals surface area contributed by atoms with E-state index in [-0.39, 0.29) is 16.6 Å². The number of benzene rings is 3. The van der Waals surface area contributed by atoms with Gasteiger partial charge < -0.3 is 14.6 Å². The Morgan fingerprint density at radius 1 is 1.09 bits per heavy atom. The van der Waals surface area contributed by atoms with Crippen molar-refractivity contribution in [3.05, 3.63) is 72.8 Å². The van der Waals surface area contributed by atoms with Crippen LogP contribution in [0.25, 0.3) is 11.0 Å². The van der Waals surface area contributed by atoms with Gasteiger partial charge in [0.25, 0.3) is 0 Å². The maximum atomic E-state index is 12.7. The molecule has 1 amide bonds. The highest BCUT2D eigenvalue weighted by Crippen LogP contribution is 2.30. The van der Waals surface area contributed by atoms with E-state index < -0.39 is 10.0 Å². The minimum absolute atomic E-state index is 0.00506. The molecule has 3 aromatic carbocycles. The molecule has 0 unspecified atom stereocenters. The molecular formula is C24H24N4O4S2. The number of aromatic nitrogens is 2. The first-order valence-electron chi connectivity index (χ1n) is 10.6. The number of sulfonamides is 1. The van der Waals surface area contributed by atoms with E-state index in [9.17, 15) is 13.2 Å². The second-order valence-corrected chi connectivity index (χ2v) is 9.99. The molecular weight excluding hydrogens is 472 g/mol. The number of nitrogens with zero attached hydrogens (tertiary/aromatic N) is 2. The number of nitrogens with two attached hydrogens (primary N) is 1. The fourth-order valence-electron chi connectivity index (χ4n) is 3.41. The zero-order valence-electron chi connectivity index (χ0n) is 18.5. The summed E-state index contributed by atoms with van der Waals surface area (Å²) in [4.78, 5) is 17.3. The van der Waals surface area contributed by atoms with Gasteiger partial charge in [0.1, 0.15) is 5.75 Å². The molecule has 0 radical (unpaired) electrons. The molecule has 10 heteroatoms. The molecule has 3 N–H and O–H groups in total. The van der Waals surface area contributed by atoms with Gasteiger partial charge in [-0.2, -0.15) is 0 Å². The van der Waals surface area contributed by atoms with E-state index in [2.05, 4.69) is 10.3 Å². The number of imidazole rings is 1. The molecule has 34 heavy (non-hydrogen) atoms. The van der Waals surface area contributed by atoms with Crippen molar-refractivity contribution in [1.82, 2.24) is 9.55 Å². The predicted molar refractivity (Wildman–Crippen MR) is 134 cm³/mol. The van der Waals surface area contributed by atoms with Crippen LogP contribution in [0.3, 0.4) is 0 Å². The number of primary sulfonamides is 1. The van der Waals surface area contributed by atoms with Crippen molar-refractivity contribution in [2.24, 2.45) is 5.14 Å². The highest BCUT2D eigenvalue weighted by Gasteiger charge is 2.16. The van der Waals surface area contributed by atoms with Gasteiger partial charge in [-0.1, -0.05) is 49.0 Å². The number of fused-ring (bicyclic) bond motifs is 1. The van der Waals surface area contributed by atoms with Crippen molar-refractivity contribution in [1.29, 1.82) is 0 Å². The molecule has 4 aromatic rings. The van der Waals surface area contributed by atoms with Crippen molar-refractivity contribution in [2.45, 2.75) is 29.9 Å². The number of thioether (sulfide) groups is 1. The molecule has 0 atom stereocenters. The summed E-state index contributed by atoms with van der Waals surface area (Å²) >= 11 is 1.28. The smallest absolute Gasteiger partial charge is 0.238 e. The normalized spacial score (nSPS) is 11.5. The van der Waals surface area contributed by atoms with Gasteiger partial charge in [-0.05, 0) is 48.9 Å². The molecule has 0 aliphatic rings. The lowest BCUT2D eigenvalue weighted by molar-refractivity contribution is -0.113. The van der Waals surface area contributed by atoms with Crippen LogP contribution in [0.2, 0.25) is 0 Å². The third-order valence-corrected chi connectivity index (χ3v) is 6.81. The fourth-order valence-corrected chi connectivity index (χ4v) is 4.78. The largest absolute Gasteiger partial charge is 0.455 e. The summed E-state index contributed by atoms with van der Waals surface area (Å²) in [6.07, 6.45) is 0.854. The number of ether oxygens (including phenoxy) is 1. The highest BCUT2D eigenvalue weighted by molar-refractivity contribution is 7.99. The lowest BCUT2D eigenvalue weighted by Crippen LogP contribution is -2.15. The number of rotatable bonds is 9. The monoisotopic (exact) mass is 496 g/mol. The van der Waals surface area contributed by atoms with Crippen molar-refractivity contribution in [3.63, 3.8) is 0 Å². The molecule has 0 bridgehead atoms. The van der Waals surface area contributed by atoms with Gasteiger partial charge in [0, 0.05) is 6.54 Å². The number of anilines is 1. The van der Waals surface area contributed by atoms with Gasteiger partial charge in [0.2, 0.25) is 15.9 Å². The quantitative estimate of drug-likeness (QED) is 0.327. The number of amides is 1. The van der Waals surface area contributed by atoms with E-state index in [1.54, 1.807) is 18.2 Å². The standard InChI is InChI=1S/C24H24N4O4S2/c1-2-14-28-21-13-12-18(34(25,30)31)15-20(21)27-24(28)33-16-23(29)26-19-10-6-7-11-22(19)32-17-8-4-3-5-9-17/h3-13,15H,2,14,16H2,1H3,(H,26,29)(H2,25,30,31). The minimum atomic E-state index is -3.83. The van der Waals surface area contributed by atoms with Crippen molar-refractivity contribution < 1.29 is 17.9 Å². The minimum Gasteiger partial charge on any atom is -0.455 e. The van der Waals surface area contributed by atoms with Gasteiger partial charge in [-0.15, -0.1) is 0 Å². The summed E-state index contributed by atoms with van der Waals surface area (Å²) < 4.78 is 31.3. The van der Waals surface area contributed by atoms with E-state index in [0.717, 1.165) is 11.9 Å². The Morgan fingerprint density at radius 2 is 1.82 bits per heavy atom. The maximum absolute atomic E-state index is 12.7. The van der Waals surface area contributed by atoms with Crippen molar-refractivity contribution in [2.75, 3.05) is 11.1 Å². The Kier molecular flexibility index (Phi) is 7.20. The lowest BCUT2D eigenvalue weighted by atomic mass is 10.3. The summed E-state index contributed by atoms with van der Waals surface area (Å²) in [5.74, 6) is 1.12. The lowest BCUT2D eigenvalue weighted by Gasteiger charge is -2.12. The zero-order chi connectivity index (χ0) is 24.1. The Bertz CT molecular complexity index is 1420. The molecule has 4 rings (SSSR count). The second kappa shape index (κ2) is 10.3. The molecule has 0 aliphatic carbocycles. The van der Waals surface area contributed by atoms with Gasteiger partial charge in [0.15, 0.2) is 10.9 Å². The summed E-state index contributed by atoms with van der Waals surface area (Å²) in [6, 6.07) is 21.2. The van der Waals surface area contributed by atoms with Crippen LogP contribution in [0, 0.1) is 0 Å². The predicted octanol–water partition coefficient (Wildman–Crippen LogP) is 4.62. The van der Waals surface area contributed by atoms with Crippen molar-refractivity contribution >= 4 is 44.4 Å². The molecule has 0 aliphatic heterocycles. The van der Waals surface area contributed by atoms with Crippen molar-refractivity contribution in [3.8, 4) is 11.5 Å². The van der Waals surface area contributed by atoms with E-state index in [1.807, 2.05) is 54.0 Å². The first kappa shape index (κ1) is 23.8. The van der Waals surface area contributed by atoms with E-state index in [4.69, 9.17) is 9.88 Å². The number of carbonyl (C=O) groups excluding carboxylic acids is 1. The molecule has 176 valence electrons. The first-order valence-corrected chi connectivity index (χ1v) is 13.2. The summed E-state index contributed by atoms with van der Waals surface area (Å²) in [6.45, 7) is 2.72. The number of para-hydroxylation sites is 3. The summed E-state index contributed by atoms with van der Waals surface area (Å²) in [5, 5.41) is 8.78. The van der Waals surface area contributed by atoms with Crippen LogP contribution < -0.4 is 15.2 Å². The third-order valence-electron chi connectivity index (χ3n) is 4.92. The molecule has 1 aromatic heterocycles. The van der Waals surface area contributed by atoms with Gasteiger partial charge in [-0.3, -0.25) is 4.79 Å². The van der Waals surface area contributed by atoms with Crippen LogP contribution in [0.15, 0.2) is 82.8 Å². The van der Waals surface area contributed by atoms with E-state index >= 15 is 0 Å². The summed E-state index contributed by atoms with van der Waals surface area (Å²) in [7, 11) is -3.83. The average molecular weight is 497 g/mol. The second-order valence-electron chi connectivity index (χ2n) is 7.49. The van der Waals surface area contributed by atoms with Crippen LogP contribution in [0.4, 0.5) is 5.69 Å². The third kappa shape index (κ3) is 5.58. The van der Waals surface area contributed by atoms with Gasteiger partial charge >= 0.3 is 0 Å². The molecule has 0 saturated carbocycles. The SMILES string of the molecule is CCCn1c(SCC(=O)Nc2ccccc2Oc2ccccc2)nc2cc(S(N)(=O)=O)ccc21. The summed E-state index contributed by atoms with van der Waals surface area (Å²) in [5.41, 5.74) is 1.88. The van der Waals surface area contributed by atoms with Crippen LogP contribution in [0.5, 0.6) is 11.5 Å². The first-order chi connectivity index (χ1) is 16.3. The van der Waals surface area contributed by atoms with E-state index in [1.165, 1.54) is 23.9 Å².